The molecule has 4 rings (SSSR count). The van der Waals surface area contributed by atoms with Gasteiger partial charge < -0.3 is 9.80 Å². The van der Waals surface area contributed by atoms with Gasteiger partial charge in [-0.25, -0.2) is 12.8 Å². The van der Waals surface area contributed by atoms with Crippen molar-refractivity contribution in [1.82, 2.24) is 9.21 Å². The van der Waals surface area contributed by atoms with E-state index in [0.717, 1.165) is 12.0 Å². The topological polar surface area (TPSA) is 84.7 Å². The second-order valence-corrected chi connectivity index (χ2v) is 10.8. The van der Waals surface area contributed by atoms with Crippen LogP contribution in [0.2, 0.25) is 0 Å². The average molecular weight is 485 g/mol. The molecule has 7 nitrogen and oxygen atoms in total. The normalized spacial score (nSPS) is 21.6. The maximum Gasteiger partial charge on any atom is 0.236 e. The van der Waals surface area contributed by atoms with Crippen LogP contribution >= 0.6 is 0 Å². The lowest BCUT2D eigenvalue weighted by Gasteiger charge is -2.37. The van der Waals surface area contributed by atoms with E-state index in [9.17, 15) is 13.2 Å². The van der Waals surface area contributed by atoms with E-state index in [2.05, 4.69) is 0 Å². The minimum Gasteiger partial charge on any atom is -0.368 e. The zero-order chi connectivity index (χ0) is 24.3. The average Bonchev–Trinajstić information content (AvgIpc) is 2.84. The number of carbonyl (C=O) groups is 1. The van der Waals surface area contributed by atoms with Gasteiger partial charge in [0.25, 0.3) is 0 Å². The van der Waals surface area contributed by atoms with Crippen molar-refractivity contribution in [2.45, 2.75) is 37.5 Å². The smallest absolute Gasteiger partial charge is 0.236 e. The molecule has 34 heavy (non-hydrogen) atoms. The summed E-state index contributed by atoms with van der Waals surface area (Å²) in [6, 6.07) is 15.4. The van der Waals surface area contributed by atoms with Gasteiger partial charge in [0.15, 0.2) is 0 Å². The zero-order valence-electron chi connectivity index (χ0n) is 19.2. The van der Waals surface area contributed by atoms with Gasteiger partial charge in [-0.1, -0.05) is 36.4 Å². The lowest BCUT2D eigenvalue weighted by atomic mass is 10.0. The van der Waals surface area contributed by atoms with Crippen molar-refractivity contribution >= 4 is 21.6 Å². The highest BCUT2D eigenvalue weighted by Gasteiger charge is 2.40. The van der Waals surface area contributed by atoms with E-state index in [4.69, 9.17) is 5.26 Å². The van der Waals surface area contributed by atoms with E-state index in [1.165, 1.54) is 10.4 Å². The van der Waals surface area contributed by atoms with Crippen molar-refractivity contribution in [3.63, 3.8) is 0 Å². The summed E-state index contributed by atoms with van der Waals surface area (Å²) in [6.07, 6.45) is 1.14. The molecule has 2 heterocycles. The quantitative estimate of drug-likeness (QED) is 0.647. The molecular formula is C25H29FN4O3S. The van der Waals surface area contributed by atoms with Gasteiger partial charge in [-0.2, -0.15) is 9.57 Å². The Labute approximate surface area is 200 Å². The number of rotatable bonds is 5. The van der Waals surface area contributed by atoms with Crippen molar-refractivity contribution in [1.29, 1.82) is 5.26 Å². The van der Waals surface area contributed by atoms with Crippen molar-refractivity contribution in [2.24, 2.45) is 0 Å². The first-order valence-electron chi connectivity index (χ1n) is 11.6. The fraction of sp³-hybridized carbons (Fsp3) is 0.440. The summed E-state index contributed by atoms with van der Waals surface area (Å²) in [5.41, 5.74) is 1.82. The van der Waals surface area contributed by atoms with E-state index in [1.807, 2.05) is 47.4 Å². The number of anilines is 1. The Morgan fingerprint density at radius 1 is 1.12 bits per heavy atom. The fourth-order valence-electron chi connectivity index (χ4n) is 4.89. The molecule has 2 unspecified atom stereocenters. The Hall–Kier alpha value is -2.96. The van der Waals surface area contributed by atoms with Gasteiger partial charge in [0.05, 0.1) is 6.07 Å². The Bertz CT molecular complexity index is 1170. The summed E-state index contributed by atoms with van der Waals surface area (Å²) in [5.74, 6) is -0.626. The largest absolute Gasteiger partial charge is 0.368 e. The summed E-state index contributed by atoms with van der Waals surface area (Å²) in [5, 5.41) is 8.09. The lowest BCUT2D eigenvalue weighted by molar-refractivity contribution is -0.130. The standard InChI is InChI=1S/C25H29FN4O3S/c1-19(30-13-5-8-24(34(30,32)33)20-6-3-2-4-7-20)22-10-9-21(18-23(22)26)28-14-16-29(17-15-28)25(31)11-12-27/h2-4,6-7,9-10,18-19,24H,5,8,11,13-17H2,1H3. The summed E-state index contributed by atoms with van der Waals surface area (Å²) < 4.78 is 43.5. The molecule has 2 aromatic carbocycles. The third-order valence-electron chi connectivity index (χ3n) is 6.80. The lowest BCUT2D eigenvalue weighted by Crippen LogP contribution is -2.48. The Morgan fingerprint density at radius 2 is 1.82 bits per heavy atom. The molecule has 0 aliphatic carbocycles. The van der Waals surface area contributed by atoms with Crippen LogP contribution in [0.15, 0.2) is 48.5 Å². The molecule has 0 bridgehead atoms. The van der Waals surface area contributed by atoms with Crippen molar-refractivity contribution < 1.29 is 17.6 Å². The molecule has 2 aliphatic rings. The first-order chi connectivity index (χ1) is 16.3. The summed E-state index contributed by atoms with van der Waals surface area (Å²) >= 11 is 0. The molecule has 2 aliphatic heterocycles. The third kappa shape index (κ3) is 4.79. The predicted molar refractivity (Wildman–Crippen MR) is 128 cm³/mol. The second-order valence-electron chi connectivity index (χ2n) is 8.78. The highest BCUT2D eigenvalue weighted by molar-refractivity contribution is 7.89. The van der Waals surface area contributed by atoms with Crippen LogP contribution in [0.25, 0.3) is 0 Å². The Balaban J connectivity index is 1.49. The van der Waals surface area contributed by atoms with Gasteiger partial charge in [-0.3, -0.25) is 4.79 Å². The molecule has 0 radical (unpaired) electrons. The molecule has 0 saturated carbocycles. The van der Waals surface area contributed by atoms with E-state index in [1.54, 1.807) is 17.9 Å². The highest BCUT2D eigenvalue weighted by Crippen LogP contribution is 2.39. The second kappa shape index (κ2) is 10.1. The minimum atomic E-state index is -3.64. The molecule has 1 amide bonds. The maximum atomic E-state index is 15.2. The molecule has 9 heteroatoms. The number of amides is 1. The van der Waals surface area contributed by atoms with Crippen molar-refractivity contribution in [2.75, 3.05) is 37.6 Å². The first-order valence-corrected chi connectivity index (χ1v) is 13.1. The number of nitrogens with zero attached hydrogens (tertiary/aromatic N) is 4. The zero-order valence-corrected chi connectivity index (χ0v) is 20.0. The Kier molecular flexibility index (Phi) is 7.19. The number of halogens is 1. The SMILES string of the molecule is CC(c1ccc(N2CCN(C(=O)CC#N)CC2)cc1F)N1CCCC(c2ccccc2)S1(=O)=O. The Morgan fingerprint density at radius 3 is 2.47 bits per heavy atom. The molecule has 2 aromatic rings. The molecule has 0 aromatic heterocycles. The van der Waals surface area contributed by atoms with Crippen LogP contribution in [-0.2, 0) is 14.8 Å². The monoisotopic (exact) mass is 484 g/mol. The minimum absolute atomic E-state index is 0.133. The van der Waals surface area contributed by atoms with E-state index < -0.39 is 27.1 Å². The number of piperazine rings is 1. The molecular weight excluding hydrogens is 455 g/mol. The molecule has 180 valence electrons. The fourth-order valence-corrected chi connectivity index (χ4v) is 7.12. The van der Waals surface area contributed by atoms with Gasteiger partial charge in [0.1, 0.15) is 17.5 Å². The predicted octanol–water partition coefficient (Wildman–Crippen LogP) is 3.62. The number of hydrogen-bond donors (Lipinski definition) is 0. The molecule has 2 fully saturated rings. The maximum absolute atomic E-state index is 15.2. The summed E-state index contributed by atoms with van der Waals surface area (Å²) in [6.45, 7) is 4.16. The van der Waals surface area contributed by atoms with Gasteiger partial charge in [-0.15, -0.1) is 0 Å². The number of nitriles is 1. The number of sulfonamides is 1. The summed E-state index contributed by atoms with van der Waals surface area (Å²) in [7, 11) is -3.64. The van der Waals surface area contributed by atoms with Crippen LogP contribution < -0.4 is 4.90 Å². The highest BCUT2D eigenvalue weighted by atomic mass is 32.2. The number of hydrogen-bond acceptors (Lipinski definition) is 5. The molecule has 2 saturated heterocycles. The van der Waals surface area contributed by atoms with Crippen molar-refractivity contribution in [3.8, 4) is 6.07 Å². The van der Waals surface area contributed by atoms with E-state index in [0.29, 0.717) is 50.4 Å². The van der Waals surface area contributed by atoms with Gasteiger partial charge in [0.2, 0.25) is 15.9 Å². The van der Waals surface area contributed by atoms with Gasteiger partial charge in [0, 0.05) is 50.0 Å². The van der Waals surface area contributed by atoms with E-state index >= 15 is 4.39 Å². The van der Waals surface area contributed by atoms with Crippen LogP contribution in [0, 0.1) is 17.1 Å². The number of benzene rings is 2. The van der Waals surface area contributed by atoms with Crippen LogP contribution in [0.4, 0.5) is 10.1 Å². The summed E-state index contributed by atoms with van der Waals surface area (Å²) in [4.78, 5) is 15.5. The molecule has 0 spiro atoms. The van der Waals surface area contributed by atoms with Crippen LogP contribution in [-0.4, -0.2) is 56.3 Å². The third-order valence-corrected chi connectivity index (χ3v) is 9.18. The molecule has 2 atom stereocenters. The number of carbonyl (C=O) groups excluding carboxylic acids is 1. The van der Waals surface area contributed by atoms with E-state index in [-0.39, 0.29) is 12.3 Å². The van der Waals surface area contributed by atoms with Gasteiger partial charge in [-0.05, 0) is 37.5 Å². The molecule has 0 N–H and O–H groups in total. The van der Waals surface area contributed by atoms with Crippen LogP contribution in [0.3, 0.4) is 0 Å². The van der Waals surface area contributed by atoms with Crippen molar-refractivity contribution in [3.05, 3.63) is 65.5 Å². The van der Waals surface area contributed by atoms with Crippen LogP contribution in [0.1, 0.15) is 48.6 Å². The first kappa shape index (κ1) is 24.2. The van der Waals surface area contributed by atoms with Crippen LogP contribution in [0.5, 0.6) is 0 Å². The van der Waals surface area contributed by atoms with Gasteiger partial charge >= 0.3 is 0 Å².